The van der Waals surface area contributed by atoms with Crippen molar-refractivity contribution in [1.29, 1.82) is 5.26 Å². The van der Waals surface area contributed by atoms with Crippen molar-refractivity contribution in [3.63, 3.8) is 0 Å². The van der Waals surface area contributed by atoms with Crippen LogP contribution in [0.5, 0.6) is 0 Å². The summed E-state index contributed by atoms with van der Waals surface area (Å²) < 4.78 is 1.91. The van der Waals surface area contributed by atoms with Gasteiger partial charge in [0.25, 0.3) is 0 Å². The maximum atomic E-state index is 8.36. The van der Waals surface area contributed by atoms with Crippen LogP contribution >= 0.6 is 11.8 Å². The lowest BCUT2D eigenvalue weighted by Gasteiger charge is -2.01. The molecule has 2 N–H and O–H groups in total. The quantitative estimate of drug-likeness (QED) is 0.578. The molecule has 0 aliphatic carbocycles. The Bertz CT molecular complexity index is 341. The first-order valence-corrected chi connectivity index (χ1v) is 5.86. The monoisotopic (exact) mass is 225 g/mol. The highest BCUT2D eigenvalue weighted by Gasteiger charge is 2.06. The summed E-state index contributed by atoms with van der Waals surface area (Å²) >= 11 is 1.66. The van der Waals surface area contributed by atoms with Gasteiger partial charge in [0.15, 0.2) is 5.16 Å². The van der Waals surface area contributed by atoms with E-state index in [-0.39, 0.29) is 0 Å². The van der Waals surface area contributed by atoms with E-state index in [9.17, 15) is 0 Å². The first-order valence-electron chi connectivity index (χ1n) is 4.87. The Hall–Kier alpha value is -1.06. The molecule has 5 nitrogen and oxygen atoms in total. The minimum Gasteiger partial charge on any atom is -0.324 e. The smallest absolute Gasteiger partial charge is 0.190 e. The average molecular weight is 225 g/mol. The summed E-state index contributed by atoms with van der Waals surface area (Å²) in [6, 6.07) is 2.13. The van der Waals surface area contributed by atoms with E-state index in [0.717, 1.165) is 29.6 Å². The summed E-state index contributed by atoms with van der Waals surface area (Å²) in [5.41, 5.74) is 5.49. The van der Waals surface area contributed by atoms with E-state index in [2.05, 4.69) is 16.3 Å². The summed E-state index contributed by atoms with van der Waals surface area (Å²) in [5, 5.41) is 17.3. The number of hydrogen-bond acceptors (Lipinski definition) is 5. The van der Waals surface area contributed by atoms with Crippen LogP contribution in [0.3, 0.4) is 0 Å². The molecule has 6 heteroatoms. The van der Waals surface area contributed by atoms with Gasteiger partial charge in [-0.1, -0.05) is 11.8 Å². The van der Waals surface area contributed by atoms with Gasteiger partial charge in [0.2, 0.25) is 0 Å². The lowest BCUT2D eigenvalue weighted by Crippen LogP contribution is -2.05. The normalized spacial score (nSPS) is 10.2. The fourth-order valence-corrected chi connectivity index (χ4v) is 2.05. The van der Waals surface area contributed by atoms with Crippen molar-refractivity contribution in [2.75, 3.05) is 5.75 Å². The SMILES string of the molecule is Cn1c(CN)nnc1SCCCCC#N. The molecule has 0 aliphatic heterocycles. The largest absolute Gasteiger partial charge is 0.324 e. The Morgan fingerprint density at radius 3 is 2.87 bits per heavy atom. The number of hydrogen-bond donors (Lipinski definition) is 1. The Kier molecular flexibility index (Phi) is 5.15. The molecule has 1 rings (SSSR count). The van der Waals surface area contributed by atoms with Crippen LogP contribution < -0.4 is 5.73 Å². The first kappa shape index (κ1) is 12.0. The van der Waals surface area contributed by atoms with Gasteiger partial charge >= 0.3 is 0 Å². The summed E-state index contributed by atoms with van der Waals surface area (Å²) in [7, 11) is 1.92. The fourth-order valence-electron chi connectivity index (χ4n) is 1.12. The number of rotatable bonds is 6. The average Bonchev–Trinajstić information content (AvgIpc) is 2.60. The number of nitrogens with two attached hydrogens (primary N) is 1. The van der Waals surface area contributed by atoms with Gasteiger partial charge in [-0.15, -0.1) is 10.2 Å². The molecule has 15 heavy (non-hydrogen) atoms. The van der Waals surface area contributed by atoms with Crippen LogP contribution in [0, 0.1) is 11.3 Å². The molecule has 0 radical (unpaired) electrons. The second-order valence-corrected chi connectivity index (χ2v) is 4.19. The maximum absolute atomic E-state index is 8.36. The van der Waals surface area contributed by atoms with E-state index in [0.29, 0.717) is 13.0 Å². The Labute approximate surface area is 93.7 Å². The minimum atomic E-state index is 0.415. The molecule has 0 saturated heterocycles. The second kappa shape index (κ2) is 6.43. The van der Waals surface area contributed by atoms with Crippen molar-refractivity contribution >= 4 is 11.8 Å². The third-order valence-electron chi connectivity index (χ3n) is 2.02. The number of nitriles is 1. The van der Waals surface area contributed by atoms with Gasteiger partial charge in [-0.3, -0.25) is 0 Å². The molecule has 82 valence electrons. The predicted molar refractivity (Wildman–Crippen MR) is 59.1 cm³/mol. The second-order valence-electron chi connectivity index (χ2n) is 3.13. The van der Waals surface area contributed by atoms with Gasteiger partial charge in [-0.2, -0.15) is 5.26 Å². The Balaban J connectivity index is 2.32. The van der Waals surface area contributed by atoms with Gasteiger partial charge in [0, 0.05) is 19.2 Å². The minimum absolute atomic E-state index is 0.415. The molecular formula is C9H15N5S. The number of aromatic nitrogens is 3. The van der Waals surface area contributed by atoms with Gasteiger partial charge in [-0.25, -0.2) is 0 Å². The van der Waals surface area contributed by atoms with Crippen molar-refractivity contribution in [1.82, 2.24) is 14.8 Å². The zero-order chi connectivity index (χ0) is 11.1. The summed E-state index contributed by atoms with van der Waals surface area (Å²) in [6.45, 7) is 0.415. The van der Waals surface area contributed by atoms with Crippen LogP contribution in [0.2, 0.25) is 0 Å². The lowest BCUT2D eigenvalue weighted by atomic mass is 10.3. The third kappa shape index (κ3) is 3.53. The Morgan fingerprint density at radius 2 is 2.27 bits per heavy atom. The van der Waals surface area contributed by atoms with Crippen molar-refractivity contribution < 1.29 is 0 Å². The van der Waals surface area contributed by atoms with E-state index in [1.807, 2.05) is 11.6 Å². The molecule has 0 spiro atoms. The zero-order valence-electron chi connectivity index (χ0n) is 8.81. The molecule has 0 aromatic carbocycles. The van der Waals surface area contributed by atoms with E-state index in [1.54, 1.807) is 11.8 Å². The maximum Gasteiger partial charge on any atom is 0.190 e. The fraction of sp³-hybridized carbons (Fsp3) is 0.667. The molecule has 1 aromatic heterocycles. The van der Waals surface area contributed by atoms with E-state index < -0.39 is 0 Å². The number of unbranched alkanes of at least 4 members (excludes halogenated alkanes) is 2. The molecule has 0 saturated carbocycles. The van der Waals surface area contributed by atoms with Gasteiger partial charge in [-0.05, 0) is 12.8 Å². The molecule has 1 aromatic rings. The van der Waals surface area contributed by atoms with Gasteiger partial charge in [0.05, 0.1) is 12.6 Å². The van der Waals surface area contributed by atoms with Crippen molar-refractivity contribution in [3.05, 3.63) is 5.82 Å². The van der Waals surface area contributed by atoms with E-state index in [1.165, 1.54) is 0 Å². The first-order chi connectivity index (χ1) is 7.29. The molecule has 1 heterocycles. The van der Waals surface area contributed by atoms with Gasteiger partial charge < -0.3 is 10.3 Å². The predicted octanol–water partition coefficient (Wildman–Crippen LogP) is 1.06. The number of nitrogens with zero attached hydrogens (tertiary/aromatic N) is 4. The molecule has 0 amide bonds. The topological polar surface area (TPSA) is 80.5 Å². The summed E-state index contributed by atoms with van der Waals surface area (Å²) in [4.78, 5) is 0. The number of thioether (sulfide) groups is 1. The van der Waals surface area contributed by atoms with Crippen molar-refractivity contribution in [3.8, 4) is 6.07 Å². The van der Waals surface area contributed by atoms with Crippen LogP contribution in [0.15, 0.2) is 5.16 Å². The highest BCUT2D eigenvalue weighted by atomic mass is 32.2. The van der Waals surface area contributed by atoms with Crippen LogP contribution in [-0.2, 0) is 13.6 Å². The van der Waals surface area contributed by atoms with E-state index in [4.69, 9.17) is 11.0 Å². The van der Waals surface area contributed by atoms with Crippen LogP contribution in [0.4, 0.5) is 0 Å². The zero-order valence-corrected chi connectivity index (χ0v) is 9.63. The third-order valence-corrected chi connectivity index (χ3v) is 3.13. The van der Waals surface area contributed by atoms with Crippen molar-refractivity contribution in [2.45, 2.75) is 31.0 Å². The molecule has 0 fully saturated rings. The highest BCUT2D eigenvalue weighted by molar-refractivity contribution is 7.99. The molecule has 0 aliphatic rings. The lowest BCUT2D eigenvalue weighted by molar-refractivity contribution is 0.732. The summed E-state index contributed by atoms with van der Waals surface area (Å²) in [5.74, 6) is 1.77. The van der Waals surface area contributed by atoms with Crippen LogP contribution in [0.1, 0.15) is 25.1 Å². The molecule has 0 bridgehead atoms. The molecule has 0 unspecified atom stereocenters. The molecule has 0 atom stereocenters. The van der Waals surface area contributed by atoms with Gasteiger partial charge in [0.1, 0.15) is 5.82 Å². The van der Waals surface area contributed by atoms with Crippen molar-refractivity contribution in [2.24, 2.45) is 12.8 Å². The van der Waals surface area contributed by atoms with Crippen LogP contribution in [-0.4, -0.2) is 20.5 Å². The van der Waals surface area contributed by atoms with Crippen LogP contribution in [0.25, 0.3) is 0 Å². The molecular weight excluding hydrogens is 210 g/mol. The highest BCUT2D eigenvalue weighted by Crippen LogP contribution is 2.17. The van der Waals surface area contributed by atoms with E-state index >= 15 is 0 Å². The standard InChI is InChI=1S/C9H15N5S/c1-14-8(7-11)12-13-9(14)15-6-4-2-3-5-10/h2-4,6-7,11H2,1H3. The Morgan fingerprint density at radius 1 is 1.47 bits per heavy atom. The summed E-state index contributed by atoms with van der Waals surface area (Å²) in [6.07, 6.45) is 2.61.